The third-order valence-electron chi connectivity index (χ3n) is 7.45. The van der Waals surface area contributed by atoms with Crippen LogP contribution in [0.5, 0.6) is 5.75 Å². The van der Waals surface area contributed by atoms with Gasteiger partial charge in [-0.05, 0) is 47.4 Å². The minimum absolute atomic E-state index is 0.0967. The zero-order valence-corrected chi connectivity index (χ0v) is 22.9. The topological polar surface area (TPSA) is 139 Å². The van der Waals surface area contributed by atoms with Crippen LogP contribution in [0.4, 0.5) is 5.95 Å². The molecule has 0 saturated carbocycles. The number of nitrogen functional groups attached to an aromatic ring is 1. The van der Waals surface area contributed by atoms with Crippen LogP contribution < -0.4 is 10.5 Å². The summed E-state index contributed by atoms with van der Waals surface area (Å²) in [7, 11) is 1.64. The highest BCUT2D eigenvalue weighted by molar-refractivity contribution is 5.92. The number of methoxy groups -OCH3 is 1. The molecule has 2 N–H and O–H groups in total. The van der Waals surface area contributed by atoms with Crippen LogP contribution in [0.2, 0.25) is 0 Å². The van der Waals surface area contributed by atoms with E-state index in [1.165, 1.54) is 10.1 Å². The van der Waals surface area contributed by atoms with Crippen LogP contribution in [0.1, 0.15) is 22.7 Å². The Morgan fingerprint density at radius 1 is 1.05 bits per heavy atom. The number of ether oxygens (including phenoxy) is 2. The van der Waals surface area contributed by atoms with Crippen molar-refractivity contribution in [3.8, 4) is 17.3 Å². The van der Waals surface area contributed by atoms with Crippen molar-refractivity contribution in [2.75, 3.05) is 32.6 Å². The van der Waals surface area contributed by atoms with Crippen LogP contribution in [0, 0.1) is 0 Å². The van der Waals surface area contributed by atoms with E-state index in [4.69, 9.17) is 19.6 Å². The largest absolute Gasteiger partial charge is 0.491 e. The summed E-state index contributed by atoms with van der Waals surface area (Å²) in [5, 5.41) is 9.75. The lowest BCUT2D eigenvalue weighted by Gasteiger charge is -2.32. The second-order valence-electron chi connectivity index (χ2n) is 10.0. The number of carbonyl (C=O) groups excluding carboxylic acids is 1. The summed E-state index contributed by atoms with van der Waals surface area (Å²) in [6, 6.07) is 18.4. The van der Waals surface area contributed by atoms with Crippen molar-refractivity contribution in [3.05, 3.63) is 89.8 Å². The maximum Gasteiger partial charge on any atom is 0.252 e. The summed E-state index contributed by atoms with van der Waals surface area (Å²) in [5.41, 5.74) is 10.3. The SMILES string of the molecule is COCCOc1ccc2c(c1)CN(C(=O)C(c1ccccc1)n1ncc3c1nc(N)n1nc(-c4ccco4)nc31)CC2. The lowest BCUT2D eigenvalue weighted by molar-refractivity contribution is -0.134. The molecule has 0 fully saturated rings. The van der Waals surface area contributed by atoms with E-state index in [1.807, 2.05) is 47.4 Å². The van der Waals surface area contributed by atoms with Crippen molar-refractivity contribution in [2.45, 2.75) is 19.0 Å². The van der Waals surface area contributed by atoms with E-state index in [0.717, 1.165) is 23.3 Å². The average molecular weight is 565 g/mol. The maximum absolute atomic E-state index is 14.4. The minimum Gasteiger partial charge on any atom is -0.491 e. The van der Waals surface area contributed by atoms with Gasteiger partial charge in [0.2, 0.25) is 11.8 Å². The highest BCUT2D eigenvalue weighted by Crippen LogP contribution is 2.31. The lowest BCUT2D eigenvalue weighted by atomic mass is 9.97. The number of hydrogen-bond donors (Lipinski definition) is 1. The van der Waals surface area contributed by atoms with E-state index in [-0.39, 0.29) is 11.9 Å². The Labute approximate surface area is 240 Å². The molecule has 0 radical (unpaired) electrons. The third kappa shape index (κ3) is 4.51. The van der Waals surface area contributed by atoms with E-state index in [1.54, 1.807) is 36.4 Å². The monoisotopic (exact) mass is 564 g/mol. The Balaban J connectivity index is 1.27. The molecule has 12 heteroatoms. The van der Waals surface area contributed by atoms with Gasteiger partial charge in [-0.3, -0.25) is 4.79 Å². The van der Waals surface area contributed by atoms with Gasteiger partial charge in [-0.2, -0.15) is 14.6 Å². The molecule has 4 aromatic heterocycles. The fourth-order valence-corrected chi connectivity index (χ4v) is 5.38. The smallest absolute Gasteiger partial charge is 0.252 e. The Hall–Kier alpha value is -5.23. The van der Waals surface area contributed by atoms with Crippen LogP contribution in [0.15, 0.2) is 77.5 Å². The molecule has 2 aromatic carbocycles. The summed E-state index contributed by atoms with van der Waals surface area (Å²) in [6.07, 6.45) is 3.94. The van der Waals surface area contributed by atoms with Gasteiger partial charge in [0.15, 0.2) is 23.1 Å². The predicted molar refractivity (Wildman–Crippen MR) is 154 cm³/mol. The van der Waals surface area contributed by atoms with Gasteiger partial charge in [-0.25, -0.2) is 9.67 Å². The molecule has 212 valence electrons. The van der Waals surface area contributed by atoms with Crippen molar-refractivity contribution in [1.29, 1.82) is 0 Å². The fourth-order valence-electron chi connectivity index (χ4n) is 5.38. The summed E-state index contributed by atoms with van der Waals surface area (Å²) >= 11 is 0. The highest BCUT2D eigenvalue weighted by Gasteiger charge is 2.33. The van der Waals surface area contributed by atoms with Gasteiger partial charge in [-0.15, -0.1) is 5.10 Å². The molecule has 5 heterocycles. The van der Waals surface area contributed by atoms with Crippen LogP contribution in [-0.2, 0) is 22.5 Å². The molecule has 12 nitrogen and oxygen atoms in total. The quantitative estimate of drug-likeness (QED) is 0.275. The van der Waals surface area contributed by atoms with E-state index in [0.29, 0.717) is 54.6 Å². The number of hydrogen-bond acceptors (Lipinski definition) is 9. The number of nitrogens with zero attached hydrogens (tertiary/aromatic N) is 7. The number of nitrogens with two attached hydrogens (primary N) is 1. The van der Waals surface area contributed by atoms with Crippen LogP contribution in [0.25, 0.3) is 28.3 Å². The Kier molecular flexibility index (Phi) is 6.51. The lowest BCUT2D eigenvalue weighted by Crippen LogP contribution is -2.41. The van der Waals surface area contributed by atoms with E-state index >= 15 is 0 Å². The summed E-state index contributed by atoms with van der Waals surface area (Å²) in [4.78, 5) is 25.5. The van der Waals surface area contributed by atoms with Gasteiger partial charge in [0.25, 0.3) is 5.91 Å². The Bertz CT molecular complexity index is 1880. The molecular weight excluding hydrogens is 536 g/mol. The standard InChI is InChI=1S/C30H28N8O4/c1-40-14-15-41-22-10-9-19-11-12-36(18-21(19)16-22)29(39)25(20-6-3-2-4-7-20)37-28-23(17-32-37)27-33-26(24-8-5-13-42-24)35-38(27)30(31)34-28/h2-10,13,16-17,25H,11-12,14-15,18H2,1H3,(H2,31,34). The number of aromatic nitrogens is 6. The van der Waals surface area contributed by atoms with Crippen LogP contribution in [0.3, 0.4) is 0 Å². The minimum atomic E-state index is -0.770. The van der Waals surface area contributed by atoms with Crippen LogP contribution in [-0.4, -0.2) is 67.0 Å². The molecule has 1 aliphatic rings. The predicted octanol–water partition coefficient (Wildman–Crippen LogP) is 3.52. The van der Waals surface area contributed by atoms with Crippen LogP contribution >= 0.6 is 0 Å². The van der Waals surface area contributed by atoms with E-state index in [9.17, 15) is 4.79 Å². The maximum atomic E-state index is 14.4. The average Bonchev–Trinajstić information content (AvgIpc) is 3.78. The molecule has 1 aliphatic heterocycles. The van der Waals surface area contributed by atoms with Gasteiger partial charge in [0, 0.05) is 20.2 Å². The number of furan rings is 1. The van der Waals surface area contributed by atoms with E-state index < -0.39 is 6.04 Å². The van der Waals surface area contributed by atoms with Crippen molar-refractivity contribution in [2.24, 2.45) is 0 Å². The molecule has 1 unspecified atom stereocenters. The second kappa shape index (κ2) is 10.6. The van der Waals surface area contributed by atoms with Crippen molar-refractivity contribution >= 4 is 28.5 Å². The summed E-state index contributed by atoms with van der Waals surface area (Å²) in [5.74, 6) is 1.66. The van der Waals surface area contributed by atoms with Gasteiger partial charge in [-0.1, -0.05) is 36.4 Å². The van der Waals surface area contributed by atoms with Crippen molar-refractivity contribution in [1.82, 2.24) is 34.3 Å². The first-order valence-electron chi connectivity index (χ1n) is 13.6. The third-order valence-corrected chi connectivity index (χ3v) is 7.45. The van der Waals surface area contributed by atoms with Crippen molar-refractivity contribution in [3.63, 3.8) is 0 Å². The molecule has 7 rings (SSSR count). The first kappa shape index (κ1) is 25.7. The normalized spacial score (nSPS) is 13.9. The molecule has 0 aliphatic carbocycles. The van der Waals surface area contributed by atoms with Gasteiger partial charge < -0.3 is 24.5 Å². The number of benzene rings is 2. The molecule has 0 spiro atoms. The summed E-state index contributed by atoms with van der Waals surface area (Å²) in [6.45, 7) is 1.99. The zero-order valence-electron chi connectivity index (χ0n) is 22.9. The molecule has 1 amide bonds. The van der Waals surface area contributed by atoms with Crippen molar-refractivity contribution < 1.29 is 18.7 Å². The number of fused-ring (bicyclic) bond motifs is 4. The molecule has 6 aromatic rings. The molecule has 1 atom stereocenters. The van der Waals surface area contributed by atoms with Gasteiger partial charge in [0.1, 0.15) is 12.4 Å². The second-order valence-corrected chi connectivity index (χ2v) is 10.0. The number of carbonyl (C=O) groups is 1. The molecule has 0 bridgehead atoms. The Morgan fingerprint density at radius 3 is 2.74 bits per heavy atom. The number of rotatable bonds is 8. The zero-order chi connectivity index (χ0) is 28.6. The first-order valence-corrected chi connectivity index (χ1v) is 13.6. The molecule has 0 saturated heterocycles. The number of anilines is 1. The Morgan fingerprint density at radius 2 is 1.93 bits per heavy atom. The summed E-state index contributed by atoms with van der Waals surface area (Å²) < 4.78 is 19.5. The molecular formula is C30H28N8O4. The number of amides is 1. The fraction of sp³-hybridized carbons (Fsp3) is 0.233. The highest BCUT2D eigenvalue weighted by atomic mass is 16.5. The van der Waals surface area contributed by atoms with E-state index in [2.05, 4.69) is 26.2 Å². The van der Waals surface area contributed by atoms with Gasteiger partial charge >= 0.3 is 0 Å². The van der Waals surface area contributed by atoms with Gasteiger partial charge in [0.05, 0.1) is 24.5 Å². The first-order chi connectivity index (χ1) is 20.6. The molecule has 42 heavy (non-hydrogen) atoms.